The van der Waals surface area contributed by atoms with Crippen LogP contribution < -0.4 is 5.32 Å². The van der Waals surface area contributed by atoms with E-state index >= 15 is 0 Å². The van der Waals surface area contributed by atoms with E-state index in [1.165, 1.54) is 25.9 Å². The van der Waals surface area contributed by atoms with Gasteiger partial charge in [0.05, 0.1) is 0 Å². The van der Waals surface area contributed by atoms with Crippen LogP contribution in [0.2, 0.25) is 0 Å². The molecule has 0 aliphatic carbocycles. The van der Waals surface area contributed by atoms with Crippen LogP contribution in [0.25, 0.3) is 0 Å². The molecule has 0 atom stereocenters. The van der Waals surface area contributed by atoms with Crippen molar-refractivity contribution in [2.24, 2.45) is 0 Å². The molecule has 1 fully saturated rings. The Bertz CT molecular complexity index is 399. The van der Waals surface area contributed by atoms with Gasteiger partial charge >= 0.3 is 0 Å². The Hall–Kier alpha value is -0.870. The first-order valence-electron chi connectivity index (χ1n) is 7.02. The monoisotopic (exact) mass is 324 g/mol. The topological polar surface area (TPSA) is 32.3 Å². The van der Waals surface area contributed by atoms with Crippen LogP contribution in [0.4, 0.5) is 5.69 Å². The molecule has 1 aromatic carbocycles. The zero-order valence-corrected chi connectivity index (χ0v) is 12.8. The third-order valence-corrected chi connectivity index (χ3v) is 3.98. The third kappa shape index (κ3) is 5.33. The maximum Gasteiger partial charge on any atom is 0.224 e. The van der Waals surface area contributed by atoms with E-state index < -0.39 is 0 Å². The molecule has 19 heavy (non-hydrogen) atoms. The molecule has 1 aromatic rings. The number of carbonyl (C=O) groups is 1. The summed E-state index contributed by atoms with van der Waals surface area (Å²) in [4.78, 5) is 14.2. The van der Waals surface area contributed by atoms with Crippen LogP contribution in [0.5, 0.6) is 0 Å². The predicted octanol–water partition coefficient (Wildman–Crippen LogP) is 3.65. The van der Waals surface area contributed by atoms with Crippen LogP contribution in [-0.4, -0.2) is 30.4 Å². The lowest BCUT2D eigenvalue weighted by molar-refractivity contribution is -0.116. The number of rotatable bonds is 6. The molecule has 1 amide bonds. The van der Waals surface area contributed by atoms with Gasteiger partial charge in [-0.25, -0.2) is 0 Å². The highest BCUT2D eigenvalue weighted by molar-refractivity contribution is 9.10. The highest BCUT2D eigenvalue weighted by Crippen LogP contribution is 2.14. The molecule has 1 aliphatic rings. The quantitative estimate of drug-likeness (QED) is 0.810. The largest absolute Gasteiger partial charge is 0.326 e. The van der Waals surface area contributed by atoms with Gasteiger partial charge in [0.15, 0.2) is 0 Å². The summed E-state index contributed by atoms with van der Waals surface area (Å²) in [6.07, 6.45) is 5.38. The van der Waals surface area contributed by atoms with Gasteiger partial charge in [0.2, 0.25) is 5.91 Å². The average Bonchev–Trinajstić information content (AvgIpc) is 2.91. The van der Waals surface area contributed by atoms with Crippen molar-refractivity contribution in [1.82, 2.24) is 4.90 Å². The lowest BCUT2D eigenvalue weighted by atomic mass is 10.2. The van der Waals surface area contributed by atoms with Crippen LogP contribution >= 0.6 is 15.9 Å². The second kappa shape index (κ2) is 7.65. The van der Waals surface area contributed by atoms with E-state index in [1.807, 2.05) is 24.3 Å². The summed E-state index contributed by atoms with van der Waals surface area (Å²) >= 11 is 3.38. The standard InChI is InChI=1S/C15H21BrN2O/c16-13-6-8-14(9-7-13)17-15(19)5-1-2-10-18-11-3-4-12-18/h6-9H,1-5,10-12H2,(H,17,19). The molecule has 0 bridgehead atoms. The van der Waals surface area contributed by atoms with Gasteiger partial charge in [-0.05, 0) is 69.6 Å². The Morgan fingerprint density at radius 3 is 2.53 bits per heavy atom. The Balaban J connectivity index is 1.60. The van der Waals surface area contributed by atoms with Crippen molar-refractivity contribution in [3.63, 3.8) is 0 Å². The Morgan fingerprint density at radius 1 is 1.16 bits per heavy atom. The summed E-state index contributed by atoms with van der Waals surface area (Å²) in [7, 11) is 0. The molecular weight excluding hydrogens is 304 g/mol. The summed E-state index contributed by atoms with van der Waals surface area (Å²) < 4.78 is 1.02. The maximum atomic E-state index is 11.8. The second-order valence-electron chi connectivity index (χ2n) is 5.06. The van der Waals surface area contributed by atoms with Gasteiger partial charge in [0.25, 0.3) is 0 Å². The van der Waals surface area contributed by atoms with Crippen LogP contribution in [0.3, 0.4) is 0 Å². The van der Waals surface area contributed by atoms with Crippen molar-refractivity contribution in [3.05, 3.63) is 28.7 Å². The molecule has 1 aliphatic heterocycles. The van der Waals surface area contributed by atoms with Gasteiger partial charge in [-0.15, -0.1) is 0 Å². The molecule has 1 saturated heterocycles. The Labute approximate surface area is 123 Å². The number of anilines is 1. The minimum Gasteiger partial charge on any atom is -0.326 e. The van der Waals surface area contributed by atoms with E-state index in [9.17, 15) is 4.79 Å². The fraction of sp³-hybridized carbons (Fsp3) is 0.533. The number of nitrogens with zero attached hydrogens (tertiary/aromatic N) is 1. The highest BCUT2D eigenvalue weighted by atomic mass is 79.9. The zero-order valence-electron chi connectivity index (χ0n) is 11.2. The fourth-order valence-electron chi connectivity index (χ4n) is 2.38. The van der Waals surface area contributed by atoms with E-state index in [2.05, 4.69) is 26.1 Å². The van der Waals surface area contributed by atoms with E-state index in [4.69, 9.17) is 0 Å². The number of amides is 1. The van der Waals surface area contributed by atoms with Crippen LogP contribution in [0.1, 0.15) is 32.1 Å². The number of unbranched alkanes of at least 4 members (excludes halogenated alkanes) is 1. The van der Waals surface area contributed by atoms with Gasteiger partial charge in [-0.2, -0.15) is 0 Å². The Morgan fingerprint density at radius 2 is 1.84 bits per heavy atom. The van der Waals surface area contributed by atoms with Gasteiger partial charge < -0.3 is 10.2 Å². The molecule has 0 unspecified atom stereocenters. The summed E-state index contributed by atoms with van der Waals surface area (Å²) in [5.41, 5.74) is 0.868. The average molecular weight is 325 g/mol. The summed E-state index contributed by atoms with van der Waals surface area (Å²) in [6, 6.07) is 7.68. The molecule has 0 saturated carbocycles. The van der Waals surface area contributed by atoms with Crippen LogP contribution in [0, 0.1) is 0 Å². The molecule has 104 valence electrons. The molecule has 2 rings (SSSR count). The molecule has 1 N–H and O–H groups in total. The zero-order chi connectivity index (χ0) is 13.5. The number of hydrogen-bond acceptors (Lipinski definition) is 2. The highest BCUT2D eigenvalue weighted by Gasteiger charge is 2.10. The number of nitrogens with one attached hydrogen (secondary N) is 1. The van der Waals surface area contributed by atoms with Crippen molar-refractivity contribution >= 4 is 27.5 Å². The first kappa shape index (κ1) is 14.5. The molecular formula is C15H21BrN2O. The fourth-order valence-corrected chi connectivity index (χ4v) is 2.65. The van der Waals surface area contributed by atoms with Crippen molar-refractivity contribution in [3.8, 4) is 0 Å². The first-order valence-corrected chi connectivity index (χ1v) is 7.81. The lowest BCUT2D eigenvalue weighted by Crippen LogP contribution is -2.20. The van der Waals surface area contributed by atoms with Gasteiger partial charge in [0, 0.05) is 16.6 Å². The van der Waals surface area contributed by atoms with Gasteiger partial charge in [0.1, 0.15) is 0 Å². The summed E-state index contributed by atoms with van der Waals surface area (Å²) in [5, 5.41) is 2.92. The van der Waals surface area contributed by atoms with Crippen molar-refractivity contribution in [2.75, 3.05) is 25.0 Å². The number of carbonyl (C=O) groups excluding carboxylic acids is 1. The molecule has 1 heterocycles. The van der Waals surface area contributed by atoms with Gasteiger partial charge in [-0.3, -0.25) is 4.79 Å². The minimum atomic E-state index is 0.115. The van der Waals surface area contributed by atoms with Crippen molar-refractivity contribution in [2.45, 2.75) is 32.1 Å². The number of halogens is 1. The normalized spacial score (nSPS) is 15.6. The number of hydrogen-bond donors (Lipinski definition) is 1. The van der Waals surface area contributed by atoms with Crippen molar-refractivity contribution in [1.29, 1.82) is 0 Å². The maximum absolute atomic E-state index is 11.8. The summed E-state index contributed by atoms with van der Waals surface area (Å²) in [6.45, 7) is 3.63. The molecule has 0 spiro atoms. The predicted molar refractivity (Wildman–Crippen MR) is 82.3 cm³/mol. The molecule has 4 heteroatoms. The van der Waals surface area contributed by atoms with E-state index in [1.54, 1.807) is 0 Å². The molecule has 0 aromatic heterocycles. The van der Waals surface area contributed by atoms with E-state index in [0.717, 1.165) is 29.5 Å². The van der Waals surface area contributed by atoms with E-state index in [0.29, 0.717) is 6.42 Å². The Kier molecular flexibility index (Phi) is 5.86. The summed E-state index contributed by atoms with van der Waals surface area (Å²) in [5.74, 6) is 0.115. The molecule has 0 radical (unpaired) electrons. The van der Waals surface area contributed by atoms with Gasteiger partial charge in [-0.1, -0.05) is 15.9 Å². The lowest BCUT2D eigenvalue weighted by Gasteiger charge is -2.13. The smallest absolute Gasteiger partial charge is 0.224 e. The molecule has 3 nitrogen and oxygen atoms in total. The van der Waals surface area contributed by atoms with Crippen molar-refractivity contribution < 1.29 is 4.79 Å². The second-order valence-corrected chi connectivity index (χ2v) is 5.98. The van der Waals surface area contributed by atoms with Crippen LogP contribution in [0.15, 0.2) is 28.7 Å². The minimum absolute atomic E-state index is 0.115. The van der Waals surface area contributed by atoms with E-state index in [-0.39, 0.29) is 5.91 Å². The number of likely N-dealkylation sites (tertiary alicyclic amines) is 1. The third-order valence-electron chi connectivity index (χ3n) is 3.45. The van der Waals surface area contributed by atoms with Crippen LogP contribution in [-0.2, 0) is 4.79 Å². The SMILES string of the molecule is O=C(CCCCN1CCCC1)Nc1ccc(Br)cc1. The first-order chi connectivity index (χ1) is 9.24. The number of benzene rings is 1.